The molecule has 0 radical (unpaired) electrons. The molecule has 3 saturated carbocycles. The van der Waals surface area contributed by atoms with E-state index in [4.69, 9.17) is 0 Å². The second-order valence-corrected chi connectivity index (χ2v) is 10.9. The van der Waals surface area contributed by atoms with Crippen LogP contribution in [0.1, 0.15) is 77.0 Å². The van der Waals surface area contributed by atoms with Gasteiger partial charge in [-0.3, -0.25) is 0 Å². The second kappa shape index (κ2) is 9.40. The highest BCUT2D eigenvalue weighted by atomic mass is 31.1. The number of hydrogen-bond acceptors (Lipinski definition) is 2. The Bertz CT molecular complexity index is 344. The monoisotopic (exact) mass is 367 g/mol. The predicted molar refractivity (Wildman–Crippen MR) is 93.2 cm³/mol. The number of alkyl halides is 3. The van der Waals surface area contributed by atoms with Crippen molar-refractivity contribution in [1.29, 1.82) is 0 Å². The Morgan fingerprint density at radius 1 is 0.792 bits per heavy atom. The molecule has 0 unspecified atom stereocenters. The summed E-state index contributed by atoms with van der Waals surface area (Å²) in [6.07, 6.45) is 14.3. The third-order valence-corrected chi connectivity index (χ3v) is 10.5. The number of carbonyl (C=O) groups is 1. The standard InChI is InChI=1S/C15H27P.C3H3F3O2/c1-2-8-13(7-1)16(14-9-3-4-10-14)15-11-5-6-12-15;1-8-2(7)3(4,5)6/h13-15H,1-12H2;1H3/p+1. The van der Waals surface area contributed by atoms with E-state index in [2.05, 4.69) is 4.74 Å². The van der Waals surface area contributed by atoms with Crippen molar-refractivity contribution < 1.29 is 22.7 Å². The third kappa shape index (κ3) is 5.61. The minimum atomic E-state index is -4.85. The fourth-order valence-electron chi connectivity index (χ4n) is 4.89. The summed E-state index contributed by atoms with van der Waals surface area (Å²) in [4.78, 5) is 9.49. The summed E-state index contributed by atoms with van der Waals surface area (Å²) in [6, 6.07) is 0. The lowest BCUT2D eigenvalue weighted by Gasteiger charge is -2.27. The number of methoxy groups -OCH3 is 1. The Balaban J connectivity index is 0.000000224. The molecular formula is C18H31F3O2P+. The Hall–Kier alpha value is -0.310. The van der Waals surface area contributed by atoms with E-state index in [0.29, 0.717) is 7.11 Å². The highest BCUT2D eigenvalue weighted by Crippen LogP contribution is 2.63. The summed E-state index contributed by atoms with van der Waals surface area (Å²) in [7, 11) is 0.699. The molecule has 0 heterocycles. The van der Waals surface area contributed by atoms with E-state index in [1.54, 1.807) is 77.0 Å². The molecule has 0 atom stereocenters. The van der Waals surface area contributed by atoms with Crippen LogP contribution in [0.15, 0.2) is 0 Å². The van der Waals surface area contributed by atoms with Crippen LogP contribution in [0.5, 0.6) is 0 Å². The lowest BCUT2D eigenvalue weighted by Crippen LogP contribution is -2.23. The highest BCUT2D eigenvalue weighted by molar-refractivity contribution is 7.60. The first-order chi connectivity index (χ1) is 11.4. The van der Waals surface area contributed by atoms with Crippen molar-refractivity contribution in [2.24, 2.45) is 0 Å². The summed E-state index contributed by atoms with van der Waals surface area (Å²) in [5.41, 5.74) is 3.74. The van der Waals surface area contributed by atoms with Crippen LogP contribution in [0.25, 0.3) is 0 Å². The van der Waals surface area contributed by atoms with Crippen LogP contribution < -0.4 is 0 Å². The Labute approximate surface area is 144 Å². The topological polar surface area (TPSA) is 26.3 Å². The van der Waals surface area contributed by atoms with Gasteiger partial charge in [-0.2, -0.15) is 13.2 Å². The van der Waals surface area contributed by atoms with E-state index < -0.39 is 12.1 Å². The Morgan fingerprint density at radius 3 is 1.25 bits per heavy atom. The molecule has 3 aliphatic carbocycles. The quantitative estimate of drug-likeness (QED) is 0.469. The van der Waals surface area contributed by atoms with Gasteiger partial charge in [0.05, 0.1) is 24.1 Å². The van der Waals surface area contributed by atoms with Crippen LogP contribution in [-0.2, 0) is 9.53 Å². The van der Waals surface area contributed by atoms with Crippen LogP contribution in [0.3, 0.4) is 0 Å². The van der Waals surface area contributed by atoms with Crippen LogP contribution in [0.4, 0.5) is 13.2 Å². The fraction of sp³-hybridized carbons (Fsp3) is 0.944. The molecule has 0 saturated heterocycles. The maximum atomic E-state index is 11.0. The van der Waals surface area contributed by atoms with Gasteiger partial charge in [0, 0.05) is 7.92 Å². The first-order valence-corrected chi connectivity index (χ1v) is 11.2. The molecule has 140 valence electrons. The number of rotatable bonds is 3. The van der Waals surface area contributed by atoms with Gasteiger partial charge in [0.15, 0.2) is 0 Å². The number of carbonyl (C=O) groups excluding carboxylic acids is 1. The fourth-order valence-corrected chi connectivity index (χ4v) is 10.1. The van der Waals surface area contributed by atoms with E-state index >= 15 is 0 Å². The zero-order valence-corrected chi connectivity index (χ0v) is 15.7. The molecule has 0 bridgehead atoms. The summed E-state index contributed by atoms with van der Waals surface area (Å²) >= 11 is 0. The Kier molecular flexibility index (Phi) is 7.84. The number of esters is 1. The van der Waals surface area contributed by atoms with E-state index in [9.17, 15) is 18.0 Å². The number of halogens is 3. The third-order valence-electron chi connectivity index (χ3n) is 5.90. The molecule has 0 aromatic rings. The predicted octanol–water partition coefficient (Wildman–Crippen LogP) is 5.75. The van der Waals surface area contributed by atoms with Crippen LogP contribution in [0.2, 0.25) is 0 Å². The zero-order valence-electron chi connectivity index (χ0n) is 14.7. The van der Waals surface area contributed by atoms with Crippen LogP contribution in [0, 0.1) is 0 Å². The maximum absolute atomic E-state index is 11.0. The lowest BCUT2D eigenvalue weighted by atomic mass is 10.3. The maximum Gasteiger partial charge on any atom is 0.490 e. The van der Waals surface area contributed by atoms with Gasteiger partial charge in [-0.05, 0) is 77.0 Å². The molecule has 6 heteroatoms. The number of ether oxygens (including phenoxy) is 1. The van der Waals surface area contributed by atoms with Gasteiger partial charge >= 0.3 is 12.1 Å². The smallest absolute Gasteiger partial charge is 0.462 e. The van der Waals surface area contributed by atoms with Crippen molar-refractivity contribution in [2.45, 2.75) is 100 Å². The van der Waals surface area contributed by atoms with E-state index in [1.807, 2.05) is 0 Å². The van der Waals surface area contributed by atoms with Gasteiger partial charge in [-0.1, -0.05) is 0 Å². The van der Waals surface area contributed by atoms with Crippen molar-refractivity contribution in [3.8, 4) is 0 Å². The van der Waals surface area contributed by atoms with E-state index in [1.165, 1.54) is 17.0 Å². The largest absolute Gasteiger partial charge is 0.490 e. The minimum absolute atomic E-state index is 0.0224. The van der Waals surface area contributed by atoms with Gasteiger partial charge in [0.2, 0.25) is 0 Å². The van der Waals surface area contributed by atoms with Gasteiger partial charge in [0.25, 0.3) is 0 Å². The second-order valence-electron chi connectivity index (χ2n) is 7.43. The molecule has 3 rings (SSSR count). The zero-order chi connectivity index (χ0) is 17.6. The molecule has 0 aromatic carbocycles. The lowest BCUT2D eigenvalue weighted by molar-refractivity contribution is -0.196. The normalized spacial score (nSPS) is 23.5. The van der Waals surface area contributed by atoms with Gasteiger partial charge in [-0.25, -0.2) is 4.79 Å². The molecule has 0 aromatic heterocycles. The molecule has 3 aliphatic rings. The minimum Gasteiger partial charge on any atom is -0.462 e. The summed E-state index contributed by atoms with van der Waals surface area (Å²) in [5.74, 6) is -2.17. The van der Waals surface area contributed by atoms with Crippen molar-refractivity contribution in [3.05, 3.63) is 0 Å². The molecule has 3 fully saturated rings. The summed E-state index contributed by atoms with van der Waals surface area (Å²) < 4.78 is 36.3. The SMILES string of the molecule is C1CCC([PH+](C2CCCC2)C2CCCC2)C1.COC(=O)C(F)(F)F. The average molecular weight is 367 g/mol. The van der Waals surface area contributed by atoms with Crippen molar-refractivity contribution in [3.63, 3.8) is 0 Å². The van der Waals surface area contributed by atoms with Crippen molar-refractivity contribution in [1.82, 2.24) is 0 Å². The van der Waals surface area contributed by atoms with Gasteiger partial charge in [0.1, 0.15) is 0 Å². The molecule has 24 heavy (non-hydrogen) atoms. The van der Waals surface area contributed by atoms with Crippen LogP contribution >= 0.6 is 7.92 Å². The molecule has 0 amide bonds. The van der Waals surface area contributed by atoms with Crippen LogP contribution in [-0.4, -0.2) is 36.2 Å². The molecular weight excluding hydrogens is 336 g/mol. The number of hydrogen-bond donors (Lipinski definition) is 0. The average Bonchev–Trinajstić information content (AvgIpc) is 3.30. The van der Waals surface area contributed by atoms with Gasteiger partial charge < -0.3 is 4.74 Å². The van der Waals surface area contributed by atoms with Gasteiger partial charge in [-0.15, -0.1) is 0 Å². The summed E-state index contributed by atoms with van der Waals surface area (Å²) in [5, 5.41) is 0. The van der Waals surface area contributed by atoms with E-state index in [0.717, 1.165) is 0 Å². The molecule has 0 spiro atoms. The van der Waals surface area contributed by atoms with E-state index in [-0.39, 0.29) is 7.92 Å². The molecule has 0 N–H and O–H groups in total. The summed E-state index contributed by atoms with van der Waals surface area (Å²) in [6.45, 7) is 0. The first-order valence-electron chi connectivity index (χ1n) is 9.45. The Morgan fingerprint density at radius 2 is 1.08 bits per heavy atom. The highest BCUT2D eigenvalue weighted by Gasteiger charge is 2.44. The first kappa shape index (κ1) is 20.0. The van der Waals surface area contributed by atoms with Crippen molar-refractivity contribution >= 4 is 13.9 Å². The molecule has 2 nitrogen and oxygen atoms in total. The molecule has 0 aliphatic heterocycles. The van der Waals surface area contributed by atoms with Crippen molar-refractivity contribution in [2.75, 3.05) is 7.11 Å².